The maximum Gasteiger partial charge on any atom is 0.0169 e. The summed E-state index contributed by atoms with van der Waals surface area (Å²) in [5.74, 6) is 2.58. The highest BCUT2D eigenvalue weighted by molar-refractivity contribution is 4.87. The van der Waals surface area contributed by atoms with Crippen LogP contribution in [0.2, 0.25) is 0 Å². The van der Waals surface area contributed by atoms with Crippen molar-refractivity contribution in [1.29, 1.82) is 0 Å². The summed E-state index contributed by atoms with van der Waals surface area (Å²) in [7, 11) is 0. The van der Waals surface area contributed by atoms with Gasteiger partial charge in [-0.3, -0.25) is 0 Å². The van der Waals surface area contributed by atoms with Gasteiger partial charge in [-0.25, -0.2) is 0 Å². The molecule has 4 unspecified atom stereocenters. The molecule has 2 heteroatoms. The molecule has 0 amide bonds. The summed E-state index contributed by atoms with van der Waals surface area (Å²) in [6.45, 7) is 17.6. The van der Waals surface area contributed by atoms with E-state index in [0.717, 1.165) is 36.9 Å². The molecule has 1 N–H and O–H groups in total. The average Bonchev–Trinajstić information content (AvgIpc) is 2.35. The normalized spacial score (nSPS) is 30.0. The van der Waals surface area contributed by atoms with E-state index in [1.165, 1.54) is 25.8 Å². The molecule has 1 saturated carbocycles. The van der Waals surface area contributed by atoms with Gasteiger partial charge in [-0.1, -0.05) is 41.0 Å². The van der Waals surface area contributed by atoms with Crippen LogP contribution in [0.15, 0.2) is 0 Å². The lowest BCUT2D eigenvalue weighted by Gasteiger charge is -2.40. The highest BCUT2D eigenvalue weighted by Crippen LogP contribution is 2.33. The number of nitrogens with one attached hydrogen (secondary N) is 1. The predicted octanol–water partition coefficient (Wildman–Crippen LogP) is 3.77. The molecule has 0 radical (unpaired) electrons. The van der Waals surface area contributed by atoms with E-state index < -0.39 is 0 Å². The third-order valence-electron chi connectivity index (χ3n) is 4.95. The van der Waals surface area contributed by atoms with E-state index in [4.69, 9.17) is 0 Å². The van der Waals surface area contributed by atoms with E-state index >= 15 is 0 Å². The number of nitrogens with zero attached hydrogens (tertiary/aromatic N) is 1. The molecule has 0 aromatic heterocycles. The van der Waals surface area contributed by atoms with Crippen LogP contribution in [-0.4, -0.2) is 36.6 Å². The zero-order valence-corrected chi connectivity index (χ0v) is 14.1. The summed E-state index contributed by atoms with van der Waals surface area (Å²) in [4.78, 5) is 2.52. The Bertz CT molecular complexity index is 235. The molecule has 0 aromatic rings. The SMILES string of the molecule is CCN(CC)CC(C)NC1CC(C)CCC1C(C)C. The Hall–Kier alpha value is -0.0800. The smallest absolute Gasteiger partial charge is 0.0169 e. The summed E-state index contributed by atoms with van der Waals surface area (Å²) in [6, 6.07) is 1.34. The molecule has 0 bridgehead atoms. The van der Waals surface area contributed by atoms with Crippen LogP contribution < -0.4 is 5.32 Å². The molecule has 1 aliphatic carbocycles. The number of rotatable bonds is 7. The van der Waals surface area contributed by atoms with Gasteiger partial charge in [-0.05, 0) is 50.6 Å². The largest absolute Gasteiger partial charge is 0.310 e. The molecule has 0 spiro atoms. The first-order valence-corrected chi connectivity index (χ1v) is 8.46. The summed E-state index contributed by atoms with van der Waals surface area (Å²) in [6.07, 6.45) is 4.20. The molecule has 114 valence electrons. The van der Waals surface area contributed by atoms with Gasteiger partial charge in [0.15, 0.2) is 0 Å². The van der Waals surface area contributed by atoms with Crippen LogP contribution in [0, 0.1) is 17.8 Å². The van der Waals surface area contributed by atoms with E-state index in [-0.39, 0.29) is 0 Å². The Morgan fingerprint density at radius 2 is 1.74 bits per heavy atom. The standard InChI is InChI=1S/C17H36N2/c1-7-19(8-2)12-15(6)18-17-11-14(5)9-10-16(17)13(3)4/h13-18H,7-12H2,1-6H3. The molecule has 0 saturated heterocycles. The maximum atomic E-state index is 3.94. The lowest BCUT2D eigenvalue weighted by molar-refractivity contribution is 0.150. The maximum absolute atomic E-state index is 3.94. The van der Waals surface area contributed by atoms with Gasteiger partial charge >= 0.3 is 0 Å². The minimum atomic E-state index is 0.608. The molecule has 1 fully saturated rings. The van der Waals surface area contributed by atoms with Crippen LogP contribution in [0.5, 0.6) is 0 Å². The number of hydrogen-bond donors (Lipinski definition) is 1. The predicted molar refractivity (Wildman–Crippen MR) is 85.5 cm³/mol. The van der Waals surface area contributed by atoms with Crippen LogP contribution >= 0.6 is 0 Å². The second kappa shape index (κ2) is 8.26. The quantitative estimate of drug-likeness (QED) is 0.756. The first kappa shape index (κ1) is 17.0. The fourth-order valence-corrected chi connectivity index (χ4v) is 3.68. The van der Waals surface area contributed by atoms with Gasteiger partial charge in [0.1, 0.15) is 0 Å². The Balaban J connectivity index is 2.50. The van der Waals surface area contributed by atoms with Crippen molar-refractivity contribution in [3.8, 4) is 0 Å². The molecule has 0 aliphatic heterocycles. The van der Waals surface area contributed by atoms with E-state index in [0.29, 0.717) is 6.04 Å². The van der Waals surface area contributed by atoms with Gasteiger partial charge in [-0.15, -0.1) is 0 Å². The molecule has 4 atom stereocenters. The van der Waals surface area contributed by atoms with Crippen LogP contribution in [0.1, 0.15) is 60.8 Å². The molecule has 2 nitrogen and oxygen atoms in total. The molecule has 0 heterocycles. The molecule has 19 heavy (non-hydrogen) atoms. The summed E-state index contributed by atoms with van der Waals surface area (Å²) in [5, 5.41) is 3.94. The molecule has 0 aromatic carbocycles. The highest BCUT2D eigenvalue weighted by Gasteiger charge is 2.31. The van der Waals surface area contributed by atoms with Gasteiger partial charge < -0.3 is 10.2 Å². The van der Waals surface area contributed by atoms with Crippen molar-refractivity contribution in [3.05, 3.63) is 0 Å². The van der Waals surface area contributed by atoms with Crippen molar-refractivity contribution in [3.63, 3.8) is 0 Å². The van der Waals surface area contributed by atoms with Gasteiger partial charge in [0.05, 0.1) is 0 Å². The van der Waals surface area contributed by atoms with Gasteiger partial charge in [0.25, 0.3) is 0 Å². The van der Waals surface area contributed by atoms with Crippen molar-refractivity contribution >= 4 is 0 Å². The van der Waals surface area contributed by atoms with E-state index in [2.05, 4.69) is 51.8 Å². The van der Waals surface area contributed by atoms with Crippen LogP contribution in [0.3, 0.4) is 0 Å². The number of hydrogen-bond acceptors (Lipinski definition) is 2. The lowest BCUT2D eigenvalue weighted by atomic mass is 9.74. The molecular formula is C17H36N2. The van der Waals surface area contributed by atoms with Gasteiger partial charge in [0, 0.05) is 18.6 Å². The third kappa shape index (κ3) is 5.43. The molecule has 1 aliphatic rings. The van der Waals surface area contributed by atoms with E-state index in [9.17, 15) is 0 Å². The molecule has 1 rings (SSSR count). The fraction of sp³-hybridized carbons (Fsp3) is 1.00. The highest BCUT2D eigenvalue weighted by atomic mass is 15.1. The van der Waals surface area contributed by atoms with Gasteiger partial charge in [-0.2, -0.15) is 0 Å². The van der Waals surface area contributed by atoms with Crippen LogP contribution in [0.25, 0.3) is 0 Å². The topological polar surface area (TPSA) is 15.3 Å². The lowest BCUT2D eigenvalue weighted by Crippen LogP contribution is -2.49. The van der Waals surface area contributed by atoms with Gasteiger partial charge in [0.2, 0.25) is 0 Å². The first-order valence-electron chi connectivity index (χ1n) is 8.46. The second-order valence-electron chi connectivity index (χ2n) is 6.99. The summed E-state index contributed by atoms with van der Waals surface area (Å²) in [5.41, 5.74) is 0. The number of likely N-dealkylation sites (N-methyl/N-ethyl adjacent to an activating group) is 1. The Morgan fingerprint density at radius 1 is 1.11 bits per heavy atom. The third-order valence-corrected chi connectivity index (χ3v) is 4.95. The monoisotopic (exact) mass is 268 g/mol. The van der Waals surface area contributed by atoms with Crippen LogP contribution in [0.4, 0.5) is 0 Å². The second-order valence-corrected chi connectivity index (χ2v) is 6.99. The van der Waals surface area contributed by atoms with E-state index in [1.54, 1.807) is 0 Å². The van der Waals surface area contributed by atoms with Crippen molar-refractivity contribution in [2.24, 2.45) is 17.8 Å². The summed E-state index contributed by atoms with van der Waals surface area (Å²) < 4.78 is 0. The van der Waals surface area contributed by atoms with Crippen molar-refractivity contribution in [1.82, 2.24) is 10.2 Å². The Morgan fingerprint density at radius 3 is 2.26 bits per heavy atom. The van der Waals surface area contributed by atoms with Crippen molar-refractivity contribution < 1.29 is 0 Å². The minimum absolute atomic E-state index is 0.608. The van der Waals surface area contributed by atoms with Crippen molar-refractivity contribution in [2.75, 3.05) is 19.6 Å². The Labute approximate surface area is 121 Å². The Kier molecular flexibility index (Phi) is 7.38. The summed E-state index contributed by atoms with van der Waals surface area (Å²) >= 11 is 0. The first-order chi connectivity index (χ1) is 8.97. The van der Waals surface area contributed by atoms with E-state index in [1.807, 2.05) is 0 Å². The molecular weight excluding hydrogens is 232 g/mol. The van der Waals surface area contributed by atoms with Crippen LogP contribution in [-0.2, 0) is 0 Å². The average molecular weight is 268 g/mol. The fourth-order valence-electron chi connectivity index (χ4n) is 3.68. The van der Waals surface area contributed by atoms with Crippen molar-refractivity contribution in [2.45, 2.75) is 72.9 Å². The zero-order valence-electron chi connectivity index (χ0n) is 14.1. The minimum Gasteiger partial charge on any atom is -0.310 e. The zero-order chi connectivity index (χ0) is 14.4.